The van der Waals surface area contributed by atoms with Crippen LogP contribution in [0.3, 0.4) is 0 Å². The molecule has 1 saturated heterocycles. The number of urea groups is 1. The Morgan fingerprint density at radius 3 is 2.67 bits per heavy atom. The van der Waals surface area contributed by atoms with Crippen LogP contribution in [0, 0.1) is 5.82 Å². The second-order valence-corrected chi connectivity index (χ2v) is 8.44. The molecule has 1 aromatic heterocycles. The third-order valence-corrected chi connectivity index (χ3v) is 6.53. The minimum absolute atomic E-state index is 0.0391. The van der Waals surface area contributed by atoms with Gasteiger partial charge < -0.3 is 16.0 Å². The lowest BCUT2D eigenvalue weighted by atomic mass is 10.0. The highest BCUT2D eigenvalue weighted by Gasteiger charge is 2.66. The fourth-order valence-electron chi connectivity index (χ4n) is 3.26. The monoisotopic (exact) mass is 462 g/mol. The molecule has 2 fully saturated rings. The van der Waals surface area contributed by atoms with Crippen LogP contribution in [0.5, 0.6) is 0 Å². The van der Waals surface area contributed by atoms with E-state index in [0.717, 1.165) is 17.4 Å². The molecule has 2 aliphatic rings. The third-order valence-electron chi connectivity index (χ3n) is 5.17. The van der Waals surface area contributed by atoms with Crippen molar-refractivity contribution in [2.45, 2.75) is 36.5 Å². The molecule has 1 saturated carbocycles. The predicted octanol–water partition coefficient (Wildman–Crippen LogP) is 3.42. The van der Waals surface area contributed by atoms with Crippen molar-refractivity contribution >= 4 is 34.9 Å². The molecule has 1 aliphatic heterocycles. The van der Waals surface area contributed by atoms with Crippen molar-refractivity contribution in [3.8, 4) is 0 Å². The summed E-state index contributed by atoms with van der Waals surface area (Å²) in [4.78, 5) is 28.1. The quantitative estimate of drug-likeness (QED) is 0.595. The Bertz CT molecular complexity index is 1010. The van der Waals surface area contributed by atoms with Crippen molar-refractivity contribution in [2.75, 3.05) is 6.54 Å². The van der Waals surface area contributed by atoms with E-state index in [1.54, 1.807) is 0 Å². The van der Waals surface area contributed by atoms with E-state index in [1.165, 1.54) is 17.5 Å². The maximum Gasteiger partial charge on any atom is 0.400 e. The van der Waals surface area contributed by atoms with E-state index in [-0.39, 0.29) is 35.1 Å². The number of thiazole rings is 1. The summed E-state index contributed by atoms with van der Waals surface area (Å²) in [6.45, 7) is 0.0566. The maximum atomic E-state index is 13.6. The normalized spacial score (nSPS) is 21.0. The molecule has 30 heavy (non-hydrogen) atoms. The van der Waals surface area contributed by atoms with E-state index in [9.17, 15) is 27.2 Å². The summed E-state index contributed by atoms with van der Waals surface area (Å²) in [5.74, 6) is -1.24. The number of alkyl halides is 3. The lowest BCUT2D eigenvalue weighted by molar-refractivity contribution is -0.160. The molecule has 6 nitrogen and oxygen atoms in total. The van der Waals surface area contributed by atoms with Crippen molar-refractivity contribution in [3.63, 3.8) is 0 Å². The molecule has 0 radical (unpaired) electrons. The smallest absolute Gasteiger partial charge is 0.342 e. The summed E-state index contributed by atoms with van der Waals surface area (Å²) >= 11 is 6.72. The van der Waals surface area contributed by atoms with Crippen molar-refractivity contribution in [1.29, 1.82) is 0 Å². The van der Waals surface area contributed by atoms with E-state index in [0.29, 0.717) is 5.56 Å². The summed E-state index contributed by atoms with van der Waals surface area (Å²) in [5.41, 5.74) is -1.42. The molecular formula is C18H15ClF4N4O2S. The highest BCUT2D eigenvalue weighted by molar-refractivity contribution is 7.09. The van der Waals surface area contributed by atoms with Crippen molar-refractivity contribution in [2.24, 2.45) is 0 Å². The zero-order valence-corrected chi connectivity index (χ0v) is 16.7. The van der Waals surface area contributed by atoms with Crippen molar-refractivity contribution in [3.05, 3.63) is 50.7 Å². The molecule has 2 atom stereocenters. The maximum absolute atomic E-state index is 13.6. The molecule has 3 amide bonds. The standard InChI is InChI=1S/C18H15ClF4N4O2S/c19-9-5-8(1-2-10(9)20)13(27-14(28)11-6-24-16(29)26-11)12-7-30-15(25-12)17(3-4-17)18(21,22)23/h1-2,5,7,11,13H,3-4,6H2,(H,27,28)(H2,24,26,29)/t11-,13+/m0/s1. The number of carbonyl (C=O) groups is 2. The summed E-state index contributed by atoms with van der Waals surface area (Å²) < 4.78 is 54.0. The average molecular weight is 463 g/mol. The van der Waals surface area contributed by atoms with Gasteiger partial charge in [-0.3, -0.25) is 4.79 Å². The van der Waals surface area contributed by atoms with Gasteiger partial charge in [0, 0.05) is 11.9 Å². The number of carbonyl (C=O) groups excluding carboxylic acids is 2. The van der Waals surface area contributed by atoms with Crippen LogP contribution in [-0.2, 0) is 10.2 Å². The Labute approximate surface area is 177 Å². The summed E-state index contributed by atoms with van der Waals surface area (Å²) in [7, 11) is 0. The fourth-order valence-corrected chi connectivity index (χ4v) is 4.57. The molecule has 0 unspecified atom stereocenters. The molecule has 3 N–H and O–H groups in total. The number of nitrogens with zero attached hydrogens (tertiary/aromatic N) is 1. The first-order chi connectivity index (χ1) is 14.1. The average Bonchev–Trinajstić information content (AvgIpc) is 3.16. The van der Waals surface area contributed by atoms with Gasteiger partial charge in [0.05, 0.1) is 16.8 Å². The SMILES string of the molecule is O=C1NC[C@@H](C(=O)N[C@H](c2ccc(F)c(Cl)c2)c2csc(C3(C(F)(F)F)CC3)n2)N1. The van der Waals surface area contributed by atoms with Gasteiger partial charge in [0.15, 0.2) is 0 Å². The first kappa shape index (κ1) is 20.9. The minimum Gasteiger partial charge on any atom is -0.342 e. The largest absolute Gasteiger partial charge is 0.400 e. The zero-order chi connectivity index (χ0) is 21.7. The summed E-state index contributed by atoms with van der Waals surface area (Å²) in [6, 6.07) is 1.41. The number of hydrogen-bond donors (Lipinski definition) is 3. The van der Waals surface area contributed by atoms with E-state index < -0.39 is 41.4 Å². The highest BCUT2D eigenvalue weighted by atomic mass is 35.5. The van der Waals surface area contributed by atoms with Gasteiger partial charge in [-0.2, -0.15) is 13.2 Å². The minimum atomic E-state index is -4.42. The molecule has 0 bridgehead atoms. The van der Waals surface area contributed by atoms with Crippen LogP contribution in [0.15, 0.2) is 23.6 Å². The number of hydrogen-bond acceptors (Lipinski definition) is 4. The number of rotatable bonds is 5. The van der Waals surface area contributed by atoms with Crippen LogP contribution >= 0.6 is 22.9 Å². The van der Waals surface area contributed by atoms with E-state index >= 15 is 0 Å². The number of amides is 3. The van der Waals surface area contributed by atoms with Gasteiger partial charge >= 0.3 is 12.2 Å². The van der Waals surface area contributed by atoms with Gasteiger partial charge in [-0.25, -0.2) is 14.2 Å². The van der Waals surface area contributed by atoms with Crippen LogP contribution in [0.25, 0.3) is 0 Å². The summed E-state index contributed by atoms with van der Waals surface area (Å²) in [5, 5.41) is 8.71. The topological polar surface area (TPSA) is 83.1 Å². The number of nitrogens with one attached hydrogen (secondary N) is 3. The Morgan fingerprint density at radius 1 is 1.37 bits per heavy atom. The number of benzene rings is 1. The first-order valence-corrected chi connectivity index (χ1v) is 10.2. The zero-order valence-electron chi connectivity index (χ0n) is 15.1. The van der Waals surface area contributed by atoms with Gasteiger partial charge in [0.1, 0.15) is 22.3 Å². The Hall–Kier alpha value is -2.40. The molecule has 2 heterocycles. The molecule has 160 valence electrons. The van der Waals surface area contributed by atoms with Crippen LogP contribution < -0.4 is 16.0 Å². The van der Waals surface area contributed by atoms with Gasteiger partial charge in [-0.05, 0) is 30.5 Å². The number of aromatic nitrogens is 1. The van der Waals surface area contributed by atoms with Crippen LogP contribution in [0.4, 0.5) is 22.4 Å². The Morgan fingerprint density at radius 2 is 2.10 bits per heavy atom. The summed E-state index contributed by atoms with van der Waals surface area (Å²) in [6.07, 6.45) is -4.49. The van der Waals surface area contributed by atoms with Gasteiger partial charge in [0.25, 0.3) is 0 Å². The van der Waals surface area contributed by atoms with Crippen LogP contribution in [-0.4, -0.2) is 35.7 Å². The second-order valence-electron chi connectivity index (χ2n) is 7.18. The van der Waals surface area contributed by atoms with E-state index in [1.807, 2.05) is 0 Å². The van der Waals surface area contributed by atoms with E-state index in [4.69, 9.17) is 11.6 Å². The number of halogens is 5. The Kier molecular flexibility index (Phi) is 5.13. The fraction of sp³-hybridized carbons (Fsp3) is 0.389. The highest BCUT2D eigenvalue weighted by Crippen LogP contribution is 2.59. The molecular weight excluding hydrogens is 448 g/mol. The van der Waals surface area contributed by atoms with Gasteiger partial charge in [-0.1, -0.05) is 17.7 Å². The third kappa shape index (κ3) is 3.71. The molecule has 2 aromatic rings. The lowest BCUT2D eigenvalue weighted by Crippen LogP contribution is -2.44. The molecule has 1 aromatic carbocycles. The van der Waals surface area contributed by atoms with Crippen LogP contribution in [0.2, 0.25) is 5.02 Å². The second kappa shape index (κ2) is 7.38. The van der Waals surface area contributed by atoms with Crippen molar-refractivity contribution in [1.82, 2.24) is 20.9 Å². The van der Waals surface area contributed by atoms with Gasteiger partial charge in [-0.15, -0.1) is 11.3 Å². The van der Waals surface area contributed by atoms with Gasteiger partial charge in [0.2, 0.25) is 5.91 Å². The molecule has 0 spiro atoms. The molecule has 12 heteroatoms. The first-order valence-electron chi connectivity index (χ1n) is 8.93. The molecule has 1 aliphatic carbocycles. The lowest BCUT2D eigenvalue weighted by Gasteiger charge is -2.20. The van der Waals surface area contributed by atoms with E-state index in [2.05, 4.69) is 20.9 Å². The Balaban J connectivity index is 1.66. The van der Waals surface area contributed by atoms with Crippen molar-refractivity contribution < 1.29 is 27.2 Å². The molecule has 4 rings (SSSR count). The predicted molar refractivity (Wildman–Crippen MR) is 101 cm³/mol. The van der Waals surface area contributed by atoms with Crippen LogP contribution in [0.1, 0.15) is 35.1 Å².